The van der Waals surface area contributed by atoms with E-state index in [0.29, 0.717) is 0 Å². The van der Waals surface area contributed by atoms with E-state index >= 15 is 0 Å². The summed E-state index contributed by atoms with van der Waals surface area (Å²) in [4.78, 5) is 6.85. The number of likely N-dealkylation sites (N-methyl/N-ethyl adjacent to an activating group) is 1. The summed E-state index contributed by atoms with van der Waals surface area (Å²) in [7, 11) is 2.16. The molecule has 0 aliphatic carbocycles. The second-order valence-corrected chi connectivity index (χ2v) is 5.46. The molecule has 0 saturated heterocycles. The Morgan fingerprint density at radius 2 is 1.90 bits per heavy atom. The Kier molecular flexibility index (Phi) is 5.70. The minimum atomic E-state index is 0.938. The van der Waals surface area contributed by atoms with Crippen LogP contribution >= 0.6 is 0 Å². The third-order valence-electron chi connectivity index (χ3n) is 3.52. The molecule has 0 aliphatic rings. The fourth-order valence-electron chi connectivity index (χ4n) is 2.35. The first kappa shape index (κ1) is 15.5. The number of pyridine rings is 1. The summed E-state index contributed by atoms with van der Waals surface area (Å²) < 4.78 is 0. The Bertz CT molecular complexity index is 570. The molecule has 0 saturated carbocycles. The van der Waals surface area contributed by atoms with Crippen LogP contribution in [0.2, 0.25) is 0 Å². The van der Waals surface area contributed by atoms with Crippen LogP contribution < -0.4 is 0 Å². The van der Waals surface area contributed by atoms with E-state index in [4.69, 9.17) is 0 Å². The van der Waals surface area contributed by atoms with Crippen LogP contribution in [0, 0.1) is 6.92 Å². The van der Waals surface area contributed by atoms with Gasteiger partial charge in [0.1, 0.15) is 0 Å². The number of benzene rings is 1. The van der Waals surface area contributed by atoms with Crippen molar-refractivity contribution in [3.63, 3.8) is 0 Å². The van der Waals surface area contributed by atoms with Gasteiger partial charge in [-0.2, -0.15) is 0 Å². The first-order chi connectivity index (χ1) is 10.2. The standard InChI is InChI=1S/C19H24N2/c1-4-14-21(3)15-12-18(19-7-5-6-13-20-19)17-10-8-16(2)9-11-17/h5-13H,4,14-15H2,1-3H3/b18-12+. The molecule has 2 nitrogen and oxygen atoms in total. The van der Waals surface area contributed by atoms with Gasteiger partial charge in [0.25, 0.3) is 0 Å². The Morgan fingerprint density at radius 3 is 2.52 bits per heavy atom. The normalized spacial score (nSPS) is 11.9. The number of hydrogen-bond acceptors (Lipinski definition) is 2. The van der Waals surface area contributed by atoms with Crippen LogP contribution in [0.5, 0.6) is 0 Å². The first-order valence-electron chi connectivity index (χ1n) is 7.58. The van der Waals surface area contributed by atoms with E-state index < -0.39 is 0 Å². The summed E-state index contributed by atoms with van der Waals surface area (Å²) in [5.41, 5.74) is 4.75. The van der Waals surface area contributed by atoms with Gasteiger partial charge in [0.2, 0.25) is 0 Å². The molecule has 2 aromatic rings. The van der Waals surface area contributed by atoms with E-state index in [-0.39, 0.29) is 0 Å². The van der Waals surface area contributed by atoms with Gasteiger partial charge in [-0.05, 0) is 44.6 Å². The van der Waals surface area contributed by atoms with Crippen LogP contribution in [0.3, 0.4) is 0 Å². The molecular weight excluding hydrogens is 256 g/mol. The quantitative estimate of drug-likeness (QED) is 0.789. The van der Waals surface area contributed by atoms with Gasteiger partial charge in [-0.3, -0.25) is 4.98 Å². The fraction of sp³-hybridized carbons (Fsp3) is 0.316. The molecule has 0 amide bonds. The zero-order valence-corrected chi connectivity index (χ0v) is 13.2. The molecular formula is C19H24N2. The number of rotatable bonds is 6. The maximum absolute atomic E-state index is 4.52. The molecule has 0 unspecified atom stereocenters. The number of aryl methyl sites for hydroxylation is 1. The molecule has 0 spiro atoms. The molecule has 2 heteroatoms. The zero-order valence-electron chi connectivity index (χ0n) is 13.2. The molecule has 0 N–H and O–H groups in total. The summed E-state index contributed by atoms with van der Waals surface area (Å²) in [5.74, 6) is 0. The highest BCUT2D eigenvalue weighted by molar-refractivity contribution is 5.78. The van der Waals surface area contributed by atoms with E-state index in [2.05, 4.69) is 67.2 Å². The summed E-state index contributed by atoms with van der Waals surface area (Å²) >= 11 is 0. The van der Waals surface area contributed by atoms with Crippen molar-refractivity contribution in [2.75, 3.05) is 20.1 Å². The monoisotopic (exact) mass is 280 g/mol. The Morgan fingerprint density at radius 1 is 1.14 bits per heavy atom. The molecule has 0 atom stereocenters. The largest absolute Gasteiger partial charge is 0.303 e. The van der Waals surface area contributed by atoms with Crippen LogP contribution in [0.4, 0.5) is 0 Å². The summed E-state index contributed by atoms with van der Waals surface area (Å²) in [6.07, 6.45) is 5.31. The van der Waals surface area contributed by atoms with Crippen LogP contribution in [-0.2, 0) is 0 Å². The highest BCUT2D eigenvalue weighted by Gasteiger charge is 2.06. The molecule has 0 bridgehead atoms. The van der Waals surface area contributed by atoms with Gasteiger partial charge in [0.15, 0.2) is 0 Å². The molecule has 0 radical (unpaired) electrons. The second-order valence-electron chi connectivity index (χ2n) is 5.46. The van der Waals surface area contributed by atoms with Gasteiger partial charge in [-0.25, -0.2) is 0 Å². The van der Waals surface area contributed by atoms with E-state index in [1.54, 1.807) is 0 Å². The van der Waals surface area contributed by atoms with E-state index in [9.17, 15) is 0 Å². The van der Waals surface area contributed by atoms with Gasteiger partial charge in [0, 0.05) is 18.3 Å². The molecule has 2 rings (SSSR count). The maximum Gasteiger partial charge on any atom is 0.0705 e. The number of aromatic nitrogens is 1. The number of nitrogens with zero attached hydrogens (tertiary/aromatic N) is 2. The smallest absolute Gasteiger partial charge is 0.0705 e. The van der Waals surface area contributed by atoms with Crippen molar-refractivity contribution in [1.29, 1.82) is 0 Å². The van der Waals surface area contributed by atoms with Crippen LogP contribution in [0.15, 0.2) is 54.7 Å². The van der Waals surface area contributed by atoms with Gasteiger partial charge in [0.05, 0.1) is 5.69 Å². The van der Waals surface area contributed by atoms with Crippen molar-refractivity contribution in [3.8, 4) is 0 Å². The second kappa shape index (κ2) is 7.75. The van der Waals surface area contributed by atoms with Crippen molar-refractivity contribution in [2.45, 2.75) is 20.3 Å². The minimum Gasteiger partial charge on any atom is -0.303 e. The lowest BCUT2D eigenvalue weighted by atomic mass is 10.0. The number of hydrogen-bond donors (Lipinski definition) is 0. The lowest BCUT2D eigenvalue weighted by molar-refractivity contribution is 0.371. The fourth-order valence-corrected chi connectivity index (χ4v) is 2.35. The molecule has 110 valence electrons. The Balaban J connectivity index is 2.31. The summed E-state index contributed by atoms with van der Waals surface area (Å²) in [6.45, 7) is 6.37. The molecule has 21 heavy (non-hydrogen) atoms. The van der Waals surface area contributed by atoms with Gasteiger partial charge >= 0.3 is 0 Å². The van der Waals surface area contributed by atoms with E-state index in [1.807, 2.05) is 18.3 Å². The highest BCUT2D eigenvalue weighted by atomic mass is 15.1. The predicted octanol–water partition coefficient (Wildman–Crippen LogP) is 4.16. The van der Waals surface area contributed by atoms with E-state index in [1.165, 1.54) is 23.1 Å². The first-order valence-corrected chi connectivity index (χ1v) is 7.58. The molecule has 0 fully saturated rings. The highest BCUT2D eigenvalue weighted by Crippen LogP contribution is 2.22. The third kappa shape index (κ3) is 4.54. The van der Waals surface area contributed by atoms with Crippen LogP contribution in [0.25, 0.3) is 5.57 Å². The average molecular weight is 280 g/mol. The molecule has 0 aliphatic heterocycles. The lowest BCUT2D eigenvalue weighted by Gasteiger charge is -2.14. The maximum atomic E-state index is 4.52. The zero-order chi connectivity index (χ0) is 15.1. The Labute approximate surface area is 128 Å². The van der Waals surface area contributed by atoms with Gasteiger partial charge in [-0.1, -0.05) is 48.9 Å². The molecule has 1 aromatic heterocycles. The molecule has 1 heterocycles. The summed E-state index contributed by atoms with van der Waals surface area (Å²) in [5, 5.41) is 0. The average Bonchev–Trinajstić information content (AvgIpc) is 2.50. The van der Waals surface area contributed by atoms with Crippen molar-refractivity contribution < 1.29 is 0 Å². The van der Waals surface area contributed by atoms with Gasteiger partial charge < -0.3 is 4.90 Å². The predicted molar refractivity (Wildman–Crippen MR) is 90.3 cm³/mol. The Hall–Kier alpha value is -1.93. The minimum absolute atomic E-state index is 0.938. The molecule has 1 aromatic carbocycles. The van der Waals surface area contributed by atoms with Crippen molar-refractivity contribution >= 4 is 5.57 Å². The van der Waals surface area contributed by atoms with Crippen molar-refractivity contribution in [1.82, 2.24) is 9.88 Å². The topological polar surface area (TPSA) is 16.1 Å². The van der Waals surface area contributed by atoms with Crippen molar-refractivity contribution in [3.05, 3.63) is 71.6 Å². The van der Waals surface area contributed by atoms with Crippen molar-refractivity contribution in [2.24, 2.45) is 0 Å². The van der Waals surface area contributed by atoms with Gasteiger partial charge in [-0.15, -0.1) is 0 Å². The van der Waals surface area contributed by atoms with Crippen LogP contribution in [0.1, 0.15) is 30.2 Å². The lowest BCUT2D eigenvalue weighted by Crippen LogP contribution is -2.19. The SMILES string of the molecule is CCCN(C)C/C=C(\c1ccc(C)cc1)c1ccccn1. The van der Waals surface area contributed by atoms with E-state index in [0.717, 1.165) is 18.8 Å². The summed E-state index contributed by atoms with van der Waals surface area (Å²) in [6, 6.07) is 14.7. The van der Waals surface area contributed by atoms with Crippen LogP contribution in [-0.4, -0.2) is 30.0 Å². The third-order valence-corrected chi connectivity index (χ3v) is 3.52.